The molecule has 0 saturated carbocycles. The highest BCUT2D eigenvalue weighted by atomic mass is 16.5. The number of hydrogen-bond acceptors (Lipinski definition) is 5. The molecule has 0 aliphatic heterocycles. The molecule has 0 fully saturated rings. The lowest BCUT2D eigenvalue weighted by Crippen LogP contribution is -2.39. The molecule has 0 aliphatic rings. The highest BCUT2D eigenvalue weighted by Gasteiger charge is 2.15. The number of carbonyl (C=O) groups excluding carboxylic acids is 1. The molecular formula is C29H36N2O4. The van der Waals surface area contributed by atoms with Gasteiger partial charge in [-0.2, -0.15) is 0 Å². The number of benzene rings is 3. The maximum Gasteiger partial charge on any atom is 0.255 e. The molecule has 0 aromatic heterocycles. The average Bonchev–Trinajstić information content (AvgIpc) is 2.83. The van der Waals surface area contributed by atoms with Crippen molar-refractivity contribution in [1.82, 2.24) is 4.90 Å². The molecule has 2 N–H and O–H groups in total. The Morgan fingerprint density at radius 1 is 0.943 bits per heavy atom. The number of anilines is 1. The molecule has 0 aliphatic carbocycles. The smallest absolute Gasteiger partial charge is 0.255 e. The number of amides is 1. The van der Waals surface area contributed by atoms with Crippen molar-refractivity contribution in [1.29, 1.82) is 0 Å². The standard InChI is InChI=1S/C29H36N2O4/c1-20(2)31(21(3)4)16-17-35-28-19-25(14-15-27(28)34-5)30-29(33)23-12-10-22(11-13-23)18-24-8-6-7-9-26(24)32/h6-15,19-21,32H,16-18H2,1-5H3,(H,30,33). The van der Waals surface area contributed by atoms with Gasteiger partial charge in [-0.25, -0.2) is 0 Å². The maximum absolute atomic E-state index is 12.8. The number of para-hydroxylation sites is 1. The topological polar surface area (TPSA) is 71.0 Å². The Morgan fingerprint density at radius 3 is 2.26 bits per heavy atom. The van der Waals surface area contributed by atoms with Crippen LogP contribution in [0.15, 0.2) is 66.7 Å². The highest BCUT2D eigenvalue weighted by Crippen LogP contribution is 2.30. The van der Waals surface area contributed by atoms with Gasteiger partial charge in [0.05, 0.1) is 7.11 Å². The first kappa shape index (κ1) is 26.1. The quantitative estimate of drug-likeness (QED) is 0.369. The van der Waals surface area contributed by atoms with Crippen molar-refractivity contribution in [3.8, 4) is 17.2 Å². The van der Waals surface area contributed by atoms with E-state index in [9.17, 15) is 9.90 Å². The minimum absolute atomic E-state index is 0.207. The Kier molecular flexibility index (Phi) is 9.15. The number of aromatic hydroxyl groups is 1. The van der Waals surface area contributed by atoms with Crippen molar-refractivity contribution in [3.05, 3.63) is 83.4 Å². The van der Waals surface area contributed by atoms with Gasteiger partial charge in [-0.05, 0) is 69.2 Å². The van der Waals surface area contributed by atoms with Crippen LogP contribution < -0.4 is 14.8 Å². The van der Waals surface area contributed by atoms with Crippen LogP contribution in [0.25, 0.3) is 0 Å². The van der Waals surface area contributed by atoms with Crippen LogP contribution in [0.5, 0.6) is 17.2 Å². The average molecular weight is 477 g/mol. The summed E-state index contributed by atoms with van der Waals surface area (Å²) in [6.45, 7) is 10.0. The summed E-state index contributed by atoms with van der Waals surface area (Å²) in [5.74, 6) is 1.28. The number of phenols is 1. The predicted octanol–water partition coefficient (Wildman–Crippen LogP) is 5.74. The van der Waals surface area contributed by atoms with E-state index in [1.54, 1.807) is 49.6 Å². The molecule has 3 rings (SSSR count). The van der Waals surface area contributed by atoms with E-state index in [0.29, 0.717) is 47.9 Å². The molecule has 0 radical (unpaired) electrons. The second-order valence-corrected chi connectivity index (χ2v) is 9.10. The second-order valence-electron chi connectivity index (χ2n) is 9.10. The molecule has 6 heteroatoms. The minimum Gasteiger partial charge on any atom is -0.508 e. The zero-order valence-corrected chi connectivity index (χ0v) is 21.2. The van der Waals surface area contributed by atoms with Crippen LogP contribution in [-0.4, -0.2) is 48.3 Å². The van der Waals surface area contributed by atoms with Crippen molar-refractivity contribution < 1.29 is 19.4 Å². The Morgan fingerprint density at radius 2 is 1.63 bits per heavy atom. The summed E-state index contributed by atoms with van der Waals surface area (Å²) in [6.07, 6.45) is 0.596. The van der Waals surface area contributed by atoms with Crippen molar-refractivity contribution in [2.45, 2.75) is 46.2 Å². The van der Waals surface area contributed by atoms with Gasteiger partial charge < -0.3 is 19.9 Å². The minimum atomic E-state index is -0.207. The largest absolute Gasteiger partial charge is 0.508 e. The maximum atomic E-state index is 12.8. The molecule has 186 valence electrons. The molecular weight excluding hydrogens is 440 g/mol. The summed E-state index contributed by atoms with van der Waals surface area (Å²) in [5, 5.41) is 12.9. The summed E-state index contributed by atoms with van der Waals surface area (Å²) in [4.78, 5) is 15.2. The van der Waals surface area contributed by atoms with E-state index in [1.807, 2.05) is 24.3 Å². The van der Waals surface area contributed by atoms with Crippen molar-refractivity contribution in [2.24, 2.45) is 0 Å². The van der Waals surface area contributed by atoms with Crippen LogP contribution >= 0.6 is 0 Å². The van der Waals surface area contributed by atoms with E-state index in [0.717, 1.165) is 17.7 Å². The molecule has 3 aromatic carbocycles. The fourth-order valence-corrected chi connectivity index (χ4v) is 4.10. The number of methoxy groups -OCH3 is 1. The molecule has 0 bridgehead atoms. The van der Waals surface area contributed by atoms with Gasteiger partial charge in [0.25, 0.3) is 5.91 Å². The highest BCUT2D eigenvalue weighted by molar-refractivity contribution is 6.04. The number of phenolic OH excluding ortho intramolecular Hbond substituents is 1. The fraction of sp³-hybridized carbons (Fsp3) is 0.345. The number of hydrogen-bond donors (Lipinski definition) is 2. The van der Waals surface area contributed by atoms with Crippen LogP contribution in [0.1, 0.15) is 49.2 Å². The molecule has 0 saturated heterocycles. The van der Waals surface area contributed by atoms with E-state index >= 15 is 0 Å². The van der Waals surface area contributed by atoms with E-state index < -0.39 is 0 Å². The number of nitrogens with one attached hydrogen (secondary N) is 1. The first-order valence-electron chi connectivity index (χ1n) is 12.0. The lowest BCUT2D eigenvalue weighted by molar-refractivity contribution is 0.102. The summed E-state index contributed by atoms with van der Waals surface area (Å²) in [5.41, 5.74) is 3.04. The van der Waals surface area contributed by atoms with Gasteiger partial charge in [0.2, 0.25) is 0 Å². The van der Waals surface area contributed by atoms with Gasteiger partial charge in [0.15, 0.2) is 11.5 Å². The molecule has 3 aromatic rings. The molecule has 0 atom stereocenters. The summed E-state index contributed by atoms with van der Waals surface area (Å²) in [7, 11) is 1.60. The Hall–Kier alpha value is -3.51. The third kappa shape index (κ3) is 7.23. The van der Waals surface area contributed by atoms with Crippen LogP contribution in [0, 0.1) is 0 Å². The van der Waals surface area contributed by atoms with Crippen molar-refractivity contribution in [3.63, 3.8) is 0 Å². The predicted molar refractivity (Wildman–Crippen MR) is 141 cm³/mol. The zero-order chi connectivity index (χ0) is 25.4. The van der Waals surface area contributed by atoms with E-state index in [1.165, 1.54) is 0 Å². The summed E-state index contributed by atoms with van der Waals surface area (Å²) < 4.78 is 11.5. The third-order valence-corrected chi connectivity index (χ3v) is 5.96. The fourth-order valence-electron chi connectivity index (χ4n) is 4.10. The first-order chi connectivity index (χ1) is 16.8. The van der Waals surface area contributed by atoms with Gasteiger partial charge >= 0.3 is 0 Å². The number of carbonyl (C=O) groups is 1. The second kappa shape index (κ2) is 12.3. The molecule has 35 heavy (non-hydrogen) atoms. The monoisotopic (exact) mass is 476 g/mol. The number of rotatable bonds is 11. The van der Waals surface area contributed by atoms with E-state index in [2.05, 4.69) is 37.9 Å². The molecule has 6 nitrogen and oxygen atoms in total. The number of ether oxygens (including phenoxy) is 2. The van der Waals surface area contributed by atoms with Gasteiger partial charge in [-0.1, -0.05) is 30.3 Å². The molecule has 0 spiro atoms. The van der Waals surface area contributed by atoms with Crippen LogP contribution in [0.3, 0.4) is 0 Å². The summed E-state index contributed by atoms with van der Waals surface area (Å²) in [6, 6.07) is 20.9. The van der Waals surface area contributed by atoms with E-state index in [4.69, 9.17) is 9.47 Å². The SMILES string of the molecule is COc1ccc(NC(=O)c2ccc(Cc3ccccc3O)cc2)cc1OCCN(C(C)C)C(C)C. The normalized spacial score (nSPS) is 11.2. The van der Waals surface area contributed by atoms with Gasteiger partial charge in [0.1, 0.15) is 12.4 Å². The third-order valence-electron chi connectivity index (χ3n) is 5.96. The van der Waals surface area contributed by atoms with Crippen molar-refractivity contribution >= 4 is 11.6 Å². The molecule has 0 heterocycles. The van der Waals surface area contributed by atoms with Crippen LogP contribution in [-0.2, 0) is 6.42 Å². The first-order valence-corrected chi connectivity index (χ1v) is 12.0. The number of nitrogens with zero attached hydrogens (tertiary/aromatic N) is 1. The summed E-state index contributed by atoms with van der Waals surface area (Å²) >= 11 is 0. The lowest BCUT2D eigenvalue weighted by atomic mass is 10.0. The van der Waals surface area contributed by atoms with Crippen LogP contribution in [0.2, 0.25) is 0 Å². The lowest BCUT2D eigenvalue weighted by Gasteiger charge is -2.30. The Bertz CT molecular complexity index is 1100. The zero-order valence-electron chi connectivity index (χ0n) is 21.2. The van der Waals surface area contributed by atoms with Crippen LogP contribution in [0.4, 0.5) is 5.69 Å². The Labute approximate surface area is 208 Å². The Balaban J connectivity index is 1.64. The van der Waals surface area contributed by atoms with Gasteiger partial charge in [-0.15, -0.1) is 0 Å². The molecule has 0 unspecified atom stereocenters. The van der Waals surface area contributed by atoms with Gasteiger partial charge in [0, 0.05) is 42.4 Å². The van der Waals surface area contributed by atoms with Crippen molar-refractivity contribution in [2.75, 3.05) is 25.6 Å². The molecule has 1 amide bonds. The van der Waals surface area contributed by atoms with E-state index in [-0.39, 0.29) is 11.7 Å². The van der Waals surface area contributed by atoms with Gasteiger partial charge in [-0.3, -0.25) is 9.69 Å².